The van der Waals surface area contributed by atoms with E-state index in [0.29, 0.717) is 29.5 Å². The van der Waals surface area contributed by atoms with Crippen molar-refractivity contribution in [1.82, 2.24) is 9.29 Å². The van der Waals surface area contributed by atoms with E-state index in [1.54, 1.807) is 12.1 Å². The van der Waals surface area contributed by atoms with Crippen molar-refractivity contribution in [2.45, 2.75) is 23.2 Å². The van der Waals surface area contributed by atoms with Crippen LogP contribution in [-0.4, -0.2) is 42.8 Å². The lowest BCUT2D eigenvalue weighted by molar-refractivity contribution is 0.0993. The summed E-state index contributed by atoms with van der Waals surface area (Å²) in [7, 11) is -3.59. The number of thiophene rings is 1. The Morgan fingerprint density at radius 1 is 1.40 bits per heavy atom. The van der Waals surface area contributed by atoms with Crippen molar-refractivity contribution in [3.63, 3.8) is 0 Å². The number of hydrogen-bond donors (Lipinski definition) is 1. The molecule has 3 rings (SSSR count). The van der Waals surface area contributed by atoms with E-state index in [0.717, 1.165) is 11.3 Å². The molecule has 2 aromatic heterocycles. The van der Waals surface area contributed by atoms with Crippen LogP contribution < -0.4 is 10.5 Å². The lowest BCUT2D eigenvalue weighted by Gasteiger charge is -2.31. The number of rotatable bonds is 5. The van der Waals surface area contributed by atoms with Gasteiger partial charge in [0.15, 0.2) is 0 Å². The lowest BCUT2D eigenvalue weighted by Crippen LogP contribution is -2.44. The molecule has 3 heterocycles. The Balaban J connectivity index is 1.73. The molecule has 0 spiro atoms. The molecule has 25 heavy (non-hydrogen) atoms. The van der Waals surface area contributed by atoms with Crippen LogP contribution in [0, 0.1) is 0 Å². The summed E-state index contributed by atoms with van der Waals surface area (Å²) in [6.07, 6.45) is 2.50. The number of aromatic nitrogens is 1. The highest BCUT2D eigenvalue weighted by molar-refractivity contribution is 7.91. The molecule has 134 valence electrons. The number of amides is 1. The van der Waals surface area contributed by atoms with Crippen molar-refractivity contribution in [2.24, 2.45) is 5.73 Å². The molecular weight excluding hydrogens is 386 g/mol. The lowest BCUT2D eigenvalue weighted by atomic mass is 10.1. The maximum absolute atomic E-state index is 12.7. The van der Waals surface area contributed by atoms with E-state index < -0.39 is 15.9 Å². The quantitative estimate of drug-likeness (QED) is 0.826. The number of pyridine rings is 1. The van der Waals surface area contributed by atoms with Crippen LogP contribution in [-0.2, 0) is 10.0 Å². The first-order valence-corrected chi connectivity index (χ1v) is 10.2. The van der Waals surface area contributed by atoms with Crippen molar-refractivity contribution in [2.75, 3.05) is 13.1 Å². The van der Waals surface area contributed by atoms with Crippen LogP contribution >= 0.6 is 22.9 Å². The standard InChI is InChI=1S/C15H16ClN3O4S2/c16-13-3-4-14(24-13)25(21,22)19-7-1-2-11(9-19)23-10-5-6-18-12(8-10)15(17)20/h3-6,8,11H,1-2,7,9H2,(H2,17,20). The van der Waals surface area contributed by atoms with Crippen LogP contribution in [0.5, 0.6) is 5.75 Å². The predicted molar refractivity (Wildman–Crippen MR) is 94.5 cm³/mol. The topological polar surface area (TPSA) is 103 Å². The van der Waals surface area contributed by atoms with Crippen molar-refractivity contribution in [3.05, 3.63) is 40.5 Å². The van der Waals surface area contributed by atoms with Crippen LogP contribution in [0.1, 0.15) is 23.3 Å². The monoisotopic (exact) mass is 401 g/mol. The summed E-state index contributed by atoms with van der Waals surface area (Å²) in [6, 6.07) is 6.14. The molecule has 1 saturated heterocycles. The van der Waals surface area contributed by atoms with Crippen LogP contribution in [0.2, 0.25) is 4.34 Å². The first kappa shape index (κ1) is 18.1. The molecule has 0 aromatic carbocycles. The molecule has 0 saturated carbocycles. The maximum Gasteiger partial charge on any atom is 0.267 e. The number of primary amides is 1. The van der Waals surface area contributed by atoms with Crippen LogP contribution in [0.15, 0.2) is 34.7 Å². The van der Waals surface area contributed by atoms with Gasteiger partial charge in [-0.3, -0.25) is 9.78 Å². The fraction of sp³-hybridized carbons (Fsp3) is 0.333. The number of ether oxygens (including phenoxy) is 1. The third-order valence-corrected chi connectivity index (χ3v) is 7.33. The van der Waals surface area contributed by atoms with E-state index in [-0.39, 0.29) is 22.6 Å². The van der Waals surface area contributed by atoms with Crippen molar-refractivity contribution in [3.8, 4) is 5.75 Å². The minimum Gasteiger partial charge on any atom is -0.489 e. The number of nitrogens with two attached hydrogens (primary N) is 1. The second kappa shape index (κ2) is 7.28. The molecular formula is C15H16ClN3O4S2. The zero-order valence-electron chi connectivity index (χ0n) is 13.1. The number of halogens is 1. The van der Waals surface area contributed by atoms with E-state index in [2.05, 4.69) is 4.98 Å². The van der Waals surface area contributed by atoms with Crippen molar-refractivity contribution < 1.29 is 17.9 Å². The summed E-state index contributed by atoms with van der Waals surface area (Å²) in [5.41, 5.74) is 5.31. The third kappa shape index (κ3) is 4.12. The Hall–Kier alpha value is -1.68. The van der Waals surface area contributed by atoms with Gasteiger partial charge in [-0.15, -0.1) is 11.3 Å². The molecule has 1 aliphatic heterocycles. The highest BCUT2D eigenvalue weighted by Gasteiger charge is 2.32. The molecule has 7 nitrogen and oxygen atoms in total. The molecule has 10 heteroatoms. The highest BCUT2D eigenvalue weighted by atomic mass is 35.5. The van der Waals surface area contributed by atoms with Crippen LogP contribution in [0.3, 0.4) is 0 Å². The number of hydrogen-bond acceptors (Lipinski definition) is 6. The van der Waals surface area contributed by atoms with Gasteiger partial charge in [-0.05, 0) is 31.0 Å². The Bertz CT molecular complexity index is 884. The van der Waals surface area contributed by atoms with Crippen molar-refractivity contribution >= 4 is 38.9 Å². The number of sulfonamides is 1. The summed E-state index contributed by atoms with van der Waals surface area (Å²) in [5.74, 6) is -0.208. The first-order valence-electron chi connectivity index (χ1n) is 7.54. The molecule has 0 aliphatic carbocycles. The first-order chi connectivity index (χ1) is 11.9. The fourth-order valence-corrected chi connectivity index (χ4v) is 5.74. The largest absolute Gasteiger partial charge is 0.489 e. The van der Waals surface area contributed by atoms with Gasteiger partial charge in [-0.1, -0.05) is 11.6 Å². The Morgan fingerprint density at radius 2 is 2.20 bits per heavy atom. The van der Waals surface area contributed by atoms with Gasteiger partial charge in [0.25, 0.3) is 15.9 Å². The predicted octanol–water partition coefficient (Wildman–Crippen LogP) is 2.13. The molecule has 1 aliphatic rings. The molecule has 1 unspecified atom stereocenters. The van der Waals surface area contributed by atoms with Gasteiger partial charge in [0.05, 0.1) is 10.9 Å². The molecule has 2 aromatic rings. The van der Waals surface area contributed by atoms with Gasteiger partial charge in [0.1, 0.15) is 21.8 Å². The Labute approximate surface area is 154 Å². The van der Waals surface area contributed by atoms with E-state index in [1.807, 2.05) is 0 Å². The van der Waals surface area contributed by atoms with E-state index in [9.17, 15) is 13.2 Å². The SMILES string of the molecule is NC(=O)c1cc(OC2CCCN(S(=O)(=O)c3ccc(Cl)s3)C2)ccn1. The van der Waals surface area contributed by atoms with Crippen LogP contribution in [0.25, 0.3) is 0 Å². The van der Waals surface area contributed by atoms with Crippen molar-refractivity contribution in [1.29, 1.82) is 0 Å². The summed E-state index contributed by atoms with van der Waals surface area (Å²) in [5, 5.41) is 0. The molecule has 1 fully saturated rings. The summed E-state index contributed by atoms with van der Waals surface area (Å²) in [6.45, 7) is 0.659. The average molecular weight is 402 g/mol. The van der Waals surface area contributed by atoms with Gasteiger partial charge in [-0.25, -0.2) is 8.42 Å². The van der Waals surface area contributed by atoms with Gasteiger partial charge in [-0.2, -0.15) is 4.31 Å². The molecule has 0 radical (unpaired) electrons. The highest BCUT2D eigenvalue weighted by Crippen LogP contribution is 2.30. The normalized spacial score (nSPS) is 18.8. The number of nitrogens with zero attached hydrogens (tertiary/aromatic N) is 2. The smallest absolute Gasteiger partial charge is 0.267 e. The average Bonchev–Trinajstić information content (AvgIpc) is 3.03. The Kier molecular flexibility index (Phi) is 5.28. The number of carbonyl (C=O) groups is 1. The van der Waals surface area contributed by atoms with E-state index in [1.165, 1.54) is 22.6 Å². The van der Waals surface area contributed by atoms with E-state index >= 15 is 0 Å². The van der Waals surface area contributed by atoms with Gasteiger partial charge in [0, 0.05) is 18.8 Å². The number of carbonyl (C=O) groups excluding carboxylic acids is 1. The third-order valence-electron chi connectivity index (χ3n) is 3.77. The maximum atomic E-state index is 12.7. The molecule has 2 N–H and O–H groups in total. The fourth-order valence-electron chi connectivity index (χ4n) is 2.59. The zero-order valence-corrected chi connectivity index (χ0v) is 15.5. The molecule has 0 bridgehead atoms. The van der Waals surface area contributed by atoms with Gasteiger partial charge < -0.3 is 10.5 Å². The minimum atomic E-state index is -3.59. The minimum absolute atomic E-state index is 0.103. The van der Waals surface area contributed by atoms with Gasteiger partial charge in [0.2, 0.25) is 0 Å². The number of piperidine rings is 1. The van der Waals surface area contributed by atoms with Gasteiger partial charge >= 0.3 is 0 Å². The molecule has 1 atom stereocenters. The summed E-state index contributed by atoms with van der Waals surface area (Å²) >= 11 is 6.88. The second-order valence-corrected chi connectivity index (χ2v) is 9.42. The zero-order chi connectivity index (χ0) is 18.0. The van der Waals surface area contributed by atoms with Crippen LogP contribution in [0.4, 0.5) is 0 Å². The summed E-state index contributed by atoms with van der Waals surface area (Å²) < 4.78 is 33.3. The summed E-state index contributed by atoms with van der Waals surface area (Å²) in [4.78, 5) is 15.1. The Morgan fingerprint density at radius 3 is 2.88 bits per heavy atom. The molecule has 1 amide bonds. The van der Waals surface area contributed by atoms with E-state index in [4.69, 9.17) is 22.1 Å². The second-order valence-electron chi connectivity index (χ2n) is 5.54.